The van der Waals surface area contributed by atoms with Crippen LogP contribution in [0.2, 0.25) is 0 Å². The Hall–Kier alpha value is -2.36. The summed E-state index contributed by atoms with van der Waals surface area (Å²) < 4.78 is 7.62. The Labute approximate surface area is 154 Å². The second-order valence-corrected chi connectivity index (χ2v) is 7.36. The van der Waals surface area contributed by atoms with E-state index in [2.05, 4.69) is 20.5 Å². The van der Waals surface area contributed by atoms with Crippen LogP contribution in [0.5, 0.6) is 0 Å². The van der Waals surface area contributed by atoms with Gasteiger partial charge in [0.15, 0.2) is 0 Å². The Balaban J connectivity index is 1.32. The summed E-state index contributed by atoms with van der Waals surface area (Å²) in [4.78, 5) is 18.6. The zero-order valence-electron chi connectivity index (χ0n) is 14.5. The van der Waals surface area contributed by atoms with Crippen molar-refractivity contribution in [3.63, 3.8) is 0 Å². The lowest BCUT2D eigenvalue weighted by Crippen LogP contribution is -2.30. The Morgan fingerprint density at radius 3 is 3.23 bits per heavy atom. The molecule has 0 bridgehead atoms. The summed E-state index contributed by atoms with van der Waals surface area (Å²) in [6.45, 7) is 1.64. The summed E-state index contributed by atoms with van der Waals surface area (Å²) in [6.07, 6.45) is 5.84. The van der Waals surface area contributed by atoms with E-state index in [4.69, 9.17) is 4.74 Å². The summed E-state index contributed by atoms with van der Waals surface area (Å²) in [5.41, 5.74) is 1.93. The van der Waals surface area contributed by atoms with E-state index in [9.17, 15) is 4.79 Å². The second kappa shape index (κ2) is 7.48. The largest absolute Gasteiger partial charge is 0.371 e. The number of carbonyl (C=O) groups is 1. The highest BCUT2D eigenvalue weighted by Crippen LogP contribution is 2.31. The van der Waals surface area contributed by atoms with E-state index in [-0.39, 0.29) is 18.6 Å². The fourth-order valence-electron chi connectivity index (χ4n) is 3.03. The summed E-state index contributed by atoms with van der Waals surface area (Å²) in [5.74, 6) is -0.114. The van der Waals surface area contributed by atoms with Crippen molar-refractivity contribution in [2.45, 2.75) is 25.5 Å². The lowest BCUT2D eigenvalue weighted by molar-refractivity contribution is -0.117. The van der Waals surface area contributed by atoms with Crippen LogP contribution in [0.1, 0.15) is 29.6 Å². The monoisotopic (exact) mass is 372 g/mol. The van der Waals surface area contributed by atoms with Gasteiger partial charge in [0.05, 0.1) is 18.4 Å². The molecule has 3 aromatic rings. The molecule has 1 unspecified atom stereocenters. The highest BCUT2D eigenvalue weighted by atomic mass is 32.1. The van der Waals surface area contributed by atoms with Crippen molar-refractivity contribution in [2.75, 3.05) is 25.5 Å². The van der Waals surface area contributed by atoms with Crippen LogP contribution in [-0.4, -0.2) is 50.6 Å². The van der Waals surface area contributed by atoms with Gasteiger partial charge >= 0.3 is 0 Å². The lowest BCUT2D eigenvalue weighted by Gasteiger charge is -2.15. The van der Waals surface area contributed by atoms with E-state index in [0.717, 1.165) is 35.8 Å². The van der Waals surface area contributed by atoms with E-state index >= 15 is 0 Å². The smallest absolute Gasteiger partial charge is 0.240 e. The number of ether oxygens (including phenoxy) is 1. The van der Waals surface area contributed by atoms with Gasteiger partial charge in [0.2, 0.25) is 11.0 Å². The third kappa shape index (κ3) is 3.74. The molecule has 1 aliphatic heterocycles. The number of rotatable bonds is 6. The van der Waals surface area contributed by atoms with Crippen LogP contribution in [0.25, 0.3) is 5.65 Å². The normalized spacial score (nSPS) is 17.2. The zero-order chi connectivity index (χ0) is 17.9. The first kappa shape index (κ1) is 17.1. The fraction of sp³-hybridized carbons (Fsp3) is 0.412. The van der Waals surface area contributed by atoms with Gasteiger partial charge in [-0.1, -0.05) is 17.4 Å². The first-order chi connectivity index (χ1) is 12.7. The number of hydrogen-bond acceptors (Lipinski definition) is 7. The average molecular weight is 372 g/mol. The lowest BCUT2D eigenvalue weighted by atomic mass is 10.2. The van der Waals surface area contributed by atoms with Gasteiger partial charge in [0.25, 0.3) is 0 Å². The SMILES string of the molecule is CN(CC(=O)Nc1nnc(C2CCCO2)s1)Cc1cnc2ccccn12. The van der Waals surface area contributed by atoms with Crippen molar-refractivity contribution in [1.29, 1.82) is 0 Å². The molecule has 26 heavy (non-hydrogen) atoms. The van der Waals surface area contributed by atoms with Crippen LogP contribution in [0.4, 0.5) is 5.13 Å². The van der Waals surface area contributed by atoms with E-state index in [1.165, 1.54) is 11.3 Å². The van der Waals surface area contributed by atoms with Gasteiger partial charge in [-0.25, -0.2) is 4.98 Å². The zero-order valence-corrected chi connectivity index (χ0v) is 15.3. The van der Waals surface area contributed by atoms with E-state index in [0.29, 0.717) is 11.7 Å². The van der Waals surface area contributed by atoms with Crippen LogP contribution in [0, 0.1) is 0 Å². The molecular formula is C17H20N6O2S. The maximum absolute atomic E-state index is 12.3. The molecule has 0 aliphatic carbocycles. The number of anilines is 1. The van der Waals surface area contributed by atoms with Gasteiger partial charge in [0.1, 0.15) is 16.8 Å². The molecule has 1 amide bonds. The molecule has 1 atom stereocenters. The van der Waals surface area contributed by atoms with Gasteiger partial charge in [-0.2, -0.15) is 0 Å². The van der Waals surface area contributed by atoms with Crippen LogP contribution >= 0.6 is 11.3 Å². The summed E-state index contributed by atoms with van der Waals surface area (Å²) in [7, 11) is 1.90. The van der Waals surface area contributed by atoms with Gasteiger partial charge in [-0.15, -0.1) is 10.2 Å². The fourth-order valence-corrected chi connectivity index (χ4v) is 3.87. The second-order valence-electron chi connectivity index (χ2n) is 6.35. The van der Waals surface area contributed by atoms with Crippen molar-refractivity contribution in [3.05, 3.63) is 41.3 Å². The maximum Gasteiger partial charge on any atom is 0.240 e. The molecule has 3 aromatic heterocycles. The predicted molar refractivity (Wildman–Crippen MR) is 98.0 cm³/mol. The van der Waals surface area contributed by atoms with Gasteiger partial charge in [-0.3, -0.25) is 15.0 Å². The number of amides is 1. The first-order valence-electron chi connectivity index (χ1n) is 8.53. The number of likely N-dealkylation sites (N-methyl/N-ethyl adjacent to an activating group) is 1. The number of fused-ring (bicyclic) bond motifs is 1. The molecular weight excluding hydrogens is 352 g/mol. The molecule has 4 heterocycles. The molecule has 136 valence electrons. The summed E-state index contributed by atoms with van der Waals surface area (Å²) in [6, 6.07) is 5.87. The molecule has 4 rings (SSSR count). The predicted octanol–water partition coefficient (Wildman–Crippen LogP) is 2.11. The van der Waals surface area contributed by atoms with E-state index in [1.807, 2.05) is 46.9 Å². The summed E-state index contributed by atoms with van der Waals surface area (Å²) >= 11 is 1.38. The van der Waals surface area contributed by atoms with Crippen LogP contribution in [0.15, 0.2) is 30.6 Å². The molecule has 1 fully saturated rings. The Bertz CT molecular complexity index is 901. The molecule has 0 saturated carbocycles. The topological polar surface area (TPSA) is 84.7 Å². The molecule has 0 spiro atoms. The quantitative estimate of drug-likeness (QED) is 0.713. The van der Waals surface area contributed by atoms with Crippen LogP contribution in [0.3, 0.4) is 0 Å². The minimum Gasteiger partial charge on any atom is -0.371 e. The van der Waals surface area contributed by atoms with Gasteiger partial charge in [-0.05, 0) is 32.0 Å². The van der Waals surface area contributed by atoms with Crippen molar-refractivity contribution >= 4 is 28.0 Å². The molecule has 1 N–H and O–H groups in total. The molecule has 1 saturated heterocycles. The highest BCUT2D eigenvalue weighted by molar-refractivity contribution is 7.15. The van der Waals surface area contributed by atoms with Crippen molar-refractivity contribution in [2.24, 2.45) is 0 Å². The first-order valence-corrected chi connectivity index (χ1v) is 9.35. The minimum atomic E-state index is -0.114. The highest BCUT2D eigenvalue weighted by Gasteiger charge is 2.22. The number of aromatic nitrogens is 4. The molecule has 0 radical (unpaired) electrons. The Morgan fingerprint density at radius 2 is 2.38 bits per heavy atom. The number of hydrogen-bond donors (Lipinski definition) is 1. The molecule has 0 aromatic carbocycles. The van der Waals surface area contributed by atoms with Crippen LogP contribution < -0.4 is 5.32 Å². The summed E-state index contributed by atoms with van der Waals surface area (Å²) in [5, 5.41) is 12.3. The Kier molecular flexibility index (Phi) is 4.91. The van der Waals surface area contributed by atoms with Crippen molar-refractivity contribution in [3.8, 4) is 0 Å². The van der Waals surface area contributed by atoms with Crippen LogP contribution in [-0.2, 0) is 16.1 Å². The number of nitrogens with one attached hydrogen (secondary N) is 1. The minimum absolute atomic E-state index is 0.0240. The maximum atomic E-state index is 12.3. The van der Waals surface area contributed by atoms with E-state index < -0.39 is 0 Å². The third-order valence-corrected chi connectivity index (χ3v) is 5.16. The molecule has 1 aliphatic rings. The molecule has 8 nitrogen and oxygen atoms in total. The number of carbonyl (C=O) groups excluding carboxylic acids is 1. The van der Waals surface area contributed by atoms with Gasteiger partial charge < -0.3 is 9.14 Å². The number of pyridine rings is 1. The van der Waals surface area contributed by atoms with E-state index in [1.54, 1.807) is 0 Å². The number of nitrogens with zero attached hydrogens (tertiary/aromatic N) is 5. The standard InChI is InChI=1S/C17H20N6O2S/c1-22(10-12-9-18-14-6-2-3-7-23(12)14)11-15(24)19-17-21-20-16(26-17)13-5-4-8-25-13/h2-3,6-7,9,13H,4-5,8,10-11H2,1H3,(H,19,21,24). The average Bonchev–Trinajstić information content (AvgIpc) is 3.35. The van der Waals surface area contributed by atoms with Crippen molar-refractivity contribution < 1.29 is 9.53 Å². The van der Waals surface area contributed by atoms with Gasteiger partial charge in [0, 0.05) is 19.3 Å². The molecule has 9 heteroatoms. The number of imidazole rings is 1. The van der Waals surface area contributed by atoms with Crippen molar-refractivity contribution in [1.82, 2.24) is 24.5 Å². The Morgan fingerprint density at radius 1 is 1.46 bits per heavy atom. The third-order valence-electron chi connectivity index (χ3n) is 4.23.